The molecule has 0 heterocycles. The van der Waals surface area contributed by atoms with Crippen LogP contribution in [0.3, 0.4) is 0 Å². The number of hydrogen-bond acceptors (Lipinski definition) is 2. The first kappa shape index (κ1) is 20.7. The van der Waals surface area contributed by atoms with E-state index in [1.54, 1.807) is 0 Å². The van der Waals surface area contributed by atoms with Crippen molar-refractivity contribution in [2.45, 2.75) is 92.1 Å². The third-order valence-corrected chi connectivity index (χ3v) is 5.09. The summed E-state index contributed by atoms with van der Waals surface area (Å²) in [6.07, 6.45) is 14.7. The molecule has 0 bridgehead atoms. The van der Waals surface area contributed by atoms with Crippen LogP contribution in [-0.2, 0) is 9.53 Å². The second-order valence-electron chi connectivity index (χ2n) is 7.90. The number of allylic oxidation sites excluding steroid dienone is 6. The minimum atomic E-state index is -0.420. The molecule has 1 atom stereocenters. The van der Waals surface area contributed by atoms with Crippen molar-refractivity contribution in [3.05, 3.63) is 34.9 Å². The topological polar surface area (TPSA) is 26.3 Å². The minimum absolute atomic E-state index is 0.187. The van der Waals surface area contributed by atoms with E-state index < -0.39 is 5.60 Å². The minimum Gasteiger partial charge on any atom is -0.460 e. The first-order valence-corrected chi connectivity index (χ1v) is 9.37. The van der Waals surface area contributed by atoms with Crippen LogP contribution in [0.25, 0.3) is 0 Å². The molecule has 0 aliphatic heterocycles. The summed E-state index contributed by atoms with van der Waals surface area (Å²) in [6.45, 7) is 12.3. The molecule has 1 aliphatic carbocycles. The molecule has 0 saturated heterocycles. The van der Waals surface area contributed by atoms with Crippen LogP contribution in [0.5, 0.6) is 0 Å². The molecule has 0 amide bonds. The monoisotopic (exact) mass is 332 g/mol. The van der Waals surface area contributed by atoms with Gasteiger partial charge in [0.05, 0.1) is 0 Å². The Balaban J connectivity index is 2.93. The summed E-state index contributed by atoms with van der Waals surface area (Å²) >= 11 is 0. The van der Waals surface area contributed by atoms with Crippen LogP contribution in [-0.4, -0.2) is 11.6 Å². The van der Waals surface area contributed by atoms with Crippen molar-refractivity contribution in [2.75, 3.05) is 0 Å². The SMILES string of the molecule is CC(=O)OC(C)(C)C1C/C=C(\C)CC/C=C(\C)CC/C=C(\C)CC1. The Morgan fingerprint density at radius 1 is 0.958 bits per heavy atom. The second-order valence-corrected chi connectivity index (χ2v) is 7.90. The maximum absolute atomic E-state index is 11.5. The Hall–Kier alpha value is -1.31. The Bertz CT molecular complexity index is 506. The van der Waals surface area contributed by atoms with Crippen LogP contribution in [0, 0.1) is 5.92 Å². The smallest absolute Gasteiger partial charge is 0.303 e. The summed E-state index contributed by atoms with van der Waals surface area (Å²) in [6, 6.07) is 0. The fraction of sp³-hybridized carbons (Fsp3) is 0.682. The lowest BCUT2D eigenvalue weighted by Gasteiger charge is -2.33. The molecule has 0 aromatic heterocycles. The first-order chi connectivity index (χ1) is 11.2. The lowest BCUT2D eigenvalue weighted by atomic mass is 9.82. The summed E-state index contributed by atoms with van der Waals surface area (Å²) in [5.41, 5.74) is 3.96. The molecule has 1 aliphatic rings. The van der Waals surface area contributed by atoms with E-state index in [9.17, 15) is 4.79 Å². The van der Waals surface area contributed by atoms with Crippen LogP contribution in [0.1, 0.15) is 86.5 Å². The van der Waals surface area contributed by atoms with Gasteiger partial charge in [-0.25, -0.2) is 0 Å². The third-order valence-electron chi connectivity index (χ3n) is 5.09. The van der Waals surface area contributed by atoms with Crippen molar-refractivity contribution in [2.24, 2.45) is 5.92 Å². The summed E-state index contributed by atoms with van der Waals surface area (Å²) < 4.78 is 5.63. The standard InChI is InChI=1S/C22H36O2/c1-17-9-7-11-18(2)13-15-21(22(5,6)24-20(4)23)16-14-19(3)12-8-10-17/h9,12-13,21H,7-8,10-11,14-16H2,1-6H3/b17-9+,18-13+,19-12+. The molecule has 2 nitrogen and oxygen atoms in total. The zero-order valence-corrected chi connectivity index (χ0v) is 16.6. The van der Waals surface area contributed by atoms with E-state index in [4.69, 9.17) is 4.74 Å². The van der Waals surface area contributed by atoms with Crippen molar-refractivity contribution >= 4 is 5.97 Å². The highest BCUT2D eigenvalue weighted by Crippen LogP contribution is 2.31. The molecule has 0 N–H and O–H groups in total. The lowest BCUT2D eigenvalue weighted by molar-refractivity contribution is -0.159. The molecule has 1 unspecified atom stereocenters. The van der Waals surface area contributed by atoms with Crippen molar-refractivity contribution in [1.82, 2.24) is 0 Å². The summed E-state index contributed by atoms with van der Waals surface area (Å²) in [5.74, 6) is 0.160. The molecule has 1 rings (SSSR count). The maximum atomic E-state index is 11.5. The summed E-state index contributed by atoms with van der Waals surface area (Å²) in [4.78, 5) is 11.5. The van der Waals surface area contributed by atoms with E-state index in [1.165, 1.54) is 23.6 Å². The summed E-state index contributed by atoms with van der Waals surface area (Å²) in [5, 5.41) is 0. The van der Waals surface area contributed by atoms with Crippen molar-refractivity contribution in [1.29, 1.82) is 0 Å². The first-order valence-electron chi connectivity index (χ1n) is 9.37. The van der Waals surface area contributed by atoms with Gasteiger partial charge in [0.2, 0.25) is 0 Å². The Kier molecular flexibility index (Phi) is 8.52. The molecule has 0 saturated carbocycles. The van der Waals surface area contributed by atoms with E-state index in [0.29, 0.717) is 5.92 Å². The molecule has 136 valence electrons. The number of rotatable bonds is 2. The fourth-order valence-electron chi connectivity index (χ4n) is 3.35. The zero-order chi connectivity index (χ0) is 18.2. The lowest BCUT2D eigenvalue weighted by Crippen LogP contribution is -2.36. The zero-order valence-electron chi connectivity index (χ0n) is 16.6. The van der Waals surface area contributed by atoms with E-state index in [1.807, 2.05) is 0 Å². The summed E-state index contributed by atoms with van der Waals surface area (Å²) in [7, 11) is 0. The molecular formula is C22H36O2. The Labute approximate surface area is 149 Å². The third kappa shape index (κ3) is 7.99. The van der Waals surface area contributed by atoms with E-state index in [2.05, 4.69) is 52.8 Å². The average molecular weight is 333 g/mol. The molecule has 0 spiro atoms. The van der Waals surface area contributed by atoms with Gasteiger partial charge in [-0.2, -0.15) is 0 Å². The van der Waals surface area contributed by atoms with Crippen molar-refractivity contribution in [3.63, 3.8) is 0 Å². The Morgan fingerprint density at radius 2 is 1.46 bits per heavy atom. The Morgan fingerprint density at radius 3 is 2.00 bits per heavy atom. The van der Waals surface area contributed by atoms with Crippen LogP contribution in [0.2, 0.25) is 0 Å². The fourth-order valence-corrected chi connectivity index (χ4v) is 3.35. The van der Waals surface area contributed by atoms with Gasteiger partial charge < -0.3 is 4.74 Å². The molecule has 24 heavy (non-hydrogen) atoms. The predicted molar refractivity (Wildman–Crippen MR) is 103 cm³/mol. The van der Waals surface area contributed by atoms with Crippen LogP contribution < -0.4 is 0 Å². The van der Waals surface area contributed by atoms with Gasteiger partial charge in [-0.15, -0.1) is 0 Å². The van der Waals surface area contributed by atoms with Gasteiger partial charge in [0.15, 0.2) is 0 Å². The number of hydrogen-bond donors (Lipinski definition) is 0. The molecular weight excluding hydrogens is 296 g/mol. The quantitative estimate of drug-likeness (QED) is 0.424. The highest BCUT2D eigenvalue weighted by Gasteiger charge is 2.31. The van der Waals surface area contributed by atoms with Gasteiger partial charge in [0, 0.05) is 12.8 Å². The molecule has 0 fully saturated rings. The van der Waals surface area contributed by atoms with Gasteiger partial charge in [-0.3, -0.25) is 4.79 Å². The number of esters is 1. The van der Waals surface area contributed by atoms with Gasteiger partial charge >= 0.3 is 5.97 Å². The number of ether oxygens (including phenoxy) is 1. The van der Waals surface area contributed by atoms with E-state index in [-0.39, 0.29) is 5.97 Å². The molecule has 0 aromatic rings. The van der Waals surface area contributed by atoms with E-state index >= 15 is 0 Å². The van der Waals surface area contributed by atoms with Crippen LogP contribution in [0.15, 0.2) is 34.9 Å². The second kappa shape index (κ2) is 9.86. The maximum Gasteiger partial charge on any atom is 0.303 e. The van der Waals surface area contributed by atoms with Gasteiger partial charge in [0.25, 0.3) is 0 Å². The normalized spacial score (nSPS) is 28.4. The van der Waals surface area contributed by atoms with Crippen molar-refractivity contribution in [3.8, 4) is 0 Å². The number of carbonyl (C=O) groups is 1. The molecule has 0 aromatic carbocycles. The highest BCUT2D eigenvalue weighted by molar-refractivity contribution is 5.66. The van der Waals surface area contributed by atoms with E-state index in [0.717, 1.165) is 44.9 Å². The van der Waals surface area contributed by atoms with Crippen LogP contribution >= 0.6 is 0 Å². The average Bonchev–Trinajstić information content (AvgIpc) is 2.44. The number of carbonyl (C=O) groups excluding carboxylic acids is 1. The highest BCUT2D eigenvalue weighted by atomic mass is 16.6. The van der Waals surface area contributed by atoms with Crippen LogP contribution in [0.4, 0.5) is 0 Å². The largest absolute Gasteiger partial charge is 0.460 e. The van der Waals surface area contributed by atoms with Crippen molar-refractivity contribution < 1.29 is 9.53 Å². The molecule has 2 heteroatoms. The van der Waals surface area contributed by atoms with Gasteiger partial charge in [-0.1, -0.05) is 34.9 Å². The van der Waals surface area contributed by atoms with Gasteiger partial charge in [0.1, 0.15) is 5.60 Å². The van der Waals surface area contributed by atoms with Gasteiger partial charge in [-0.05, 0) is 79.6 Å². The predicted octanol–water partition coefficient (Wildman–Crippen LogP) is 6.53. The molecule has 0 radical (unpaired) electrons.